The summed E-state index contributed by atoms with van der Waals surface area (Å²) in [4.78, 5) is 39.3. The average molecular weight is 762 g/mol. The Morgan fingerprint density at radius 1 is 0.981 bits per heavy atom. The number of rotatable bonds is 17. The van der Waals surface area contributed by atoms with Gasteiger partial charge in [0.25, 0.3) is 5.79 Å². The molecule has 0 radical (unpaired) electrons. The number of aliphatic carboxylic acids is 1. The van der Waals surface area contributed by atoms with Crippen LogP contribution in [0, 0.1) is 0 Å². The van der Waals surface area contributed by atoms with Gasteiger partial charge in [-0.25, -0.2) is 13.6 Å². The number of hydrogen-bond donors (Lipinski definition) is 10. The predicted octanol–water partition coefficient (Wildman–Crippen LogP) is -4.40. The molecular weight excluding hydrogens is 716 g/mol. The summed E-state index contributed by atoms with van der Waals surface area (Å²) in [5.74, 6) is -6.69. The lowest BCUT2D eigenvalue weighted by atomic mass is 9.88. The standard InChI is InChI=1S/C28H45F2N5O17/c1-10(37)33-16-12(39)6-28(27(45)46,51-23(16)18(41)13(40)7-29)52-24-19(42)14(8-30)48-26(21(24)44)50-22-17(34-11(2)38)25(47-5-3-4-32-35-31)49-15(9-36)20(22)43/h12-26,36,39-44H,3-9H2,1-2H3,(H,33,37)(H,34,38)(H,45,46)/t12-,13+,14+,15+,16+,17+,18+,19-,20-,21+,22+,23+,24-,25-,26-,28-/m0/s1. The molecule has 10 N–H and O–H groups in total. The molecule has 0 aromatic carbocycles. The summed E-state index contributed by atoms with van der Waals surface area (Å²) in [6.07, 6.45) is -26.6. The quantitative estimate of drug-likeness (QED) is 0.0289. The van der Waals surface area contributed by atoms with E-state index >= 15 is 0 Å². The number of carbonyl (C=O) groups excluding carboxylic acids is 2. The lowest BCUT2D eigenvalue weighted by Gasteiger charge is -2.51. The zero-order valence-corrected chi connectivity index (χ0v) is 28.0. The Bertz CT molecular complexity index is 1260. The van der Waals surface area contributed by atoms with Crippen LogP contribution in [0.3, 0.4) is 0 Å². The lowest BCUT2D eigenvalue weighted by molar-refractivity contribution is -0.380. The first-order valence-electron chi connectivity index (χ1n) is 16.1. The summed E-state index contributed by atoms with van der Waals surface area (Å²) in [5, 5.41) is 93.1. The summed E-state index contributed by atoms with van der Waals surface area (Å²) in [6.45, 7) is -1.94. The first-order valence-corrected chi connectivity index (χ1v) is 16.1. The fraction of sp³-hybridized carbons (Fsp3) is 0.893. The van der Waals surface area contributed by atoms with Crippen LogP contribution in [0.25, 0.3) is 10.4 Å². The first-order chi connectivity index (χ1) is 24.5. The minimum Gasteiger partial charge on any atom is -0.477 e. The topological polar surface area (TPSA) is 341 Å². The molecular formula is C28H45F2N5O17. The number of aliphatic hydroxyl groups excluding tert-OH is 7. The fourth-order valence-corrected chi connectivity index (χ4v) is 6.03. The van der Waals surface area contributed by atoms with E-state index in [-0.39, 0.29) is 19.6 Å². The molecule has 0 aliphatic carbocycles. The second kappa shape index (κ2) is 19.4. The molecule has 16 atom stereocenters. The van der Waals surface area contributed by atoms with Crippen LogP contribution >= 0.6 is 0 Å². The van der Waals surface area contributed by atoms with Gasteiger partial charge in [0.2, 0.25) is 11.8 Å². The number of carboxylic acid groups (broad SMARTS) is 1. The zero-order valence-electron chi connectivity index (χ0n) is 28.0. The van der Waals surface area contributed by atoms with Gasteiger partial charge < -0.3 is 79.9 Å². The molecule has 0 saturated carbocycles. The van der Waals surface area contributed by atoms with E-state index in [0.29, 0.717) is 0 Å². The number of hydrogen-bond acceptors (Lipinski definition) is 17. The van der Waals surface area contributed by atoms with E-state index in [1.807, 2.05) is 0 Å². The van der Waals surface area contributed by atoms with Gasteiger partial charge in [-0.15, -0.1) is 0 Å². The van der Waals surface area contributed by atoms with E-state index in [2.05, 4.69) is 20.7 Å². The maximum absolute atomic E-state index is 14.3. The summed E-state index contributed by atoms with van der Waals surface area (Å²) >= 11 is 0. The van der Waals surface area contributed by atoms with Crippen LogP contribution in [0.5, 0.6) is 0 Å². The molecule has 298 valence electrons. The number of nitrogens with one attached hydrogen (secondary N) is 2. The number of halogens is 2. The monoisotopic (exact) mass is 761 g/mol. The molecule has 0 bridgehead atoms. The largest absolute Gasteiger partial charge is 0.477 e. The van der Waals surface area contributed by atoms with E-state index in [9.17, 15) is 64.0 Å². The Labute approximate surface area is 294 Å². The third-order valence-corrected chi connectivity index (χ3v) is 8.54. The highest BCUT2D eigenvalue weighted by Crippen LogP contribution is 2.38. The highest BCUT2D eigenvalue weighted by molar-refractivity contribution is 5.76. The van der Waals surface area contributed by atoms with E-state index in [1.54, 1.807) is 0 Å². The number of carboxylic acids is 1. The van der Waals surface area contributed by atoms with Gasteiger partial charge in [-0.05, 0) is 12.0 Å². The number of alkyl halides is 2. The van der Waals surface area contributed by atoms with Crippen LogP contribution in [0.4, 0.5) is 8.78 Å². The number of ether oxygens (including phenoxy) is 6. The highest BCUT2D eigenvalue weighted by Gasteiger charge is 2.60. The van der Waals surface area contributed by atoms with Gasteiger partial charge in [-0.3, -0.25) is 9.59 Å². The summed E-state index contributed by atoms with van der Waals surface area (Å²) < 4.78 is 61.1. The second-order valence-corrected chi connectivity index (χ2v) is 12.3. The van der Waals surface area contributed by atoms with Crippen LogP contribution in [0.15, 0.2) is 5.11 Å². The van der Waals surface area contributed by atoms with E-state index < -0.39 is 142 Å². The van der Waals surface area contributed by atoms with Crippen LogP contribution in [-0.2, 0) is 42.8 Å². The molecule has 52 heavy (non-hydrogen) atoms. The lowest BCUT2D eigenvalue weighted by Crippen LogP contribution is -2.71. The molecule has 3 aliphatic heterocycles. The van der Waals surface area contributed by atoms with Crippen molar-refractivity contribution in [3.05, 3.63) is 10.4 Å². The molecule has 0 aromatic rings. The molecule has 3 aliphatic rings. The average Bonchev–Trinajstić information content (AvgIpc) is 3.09. The van der Waals surface area contributed by atoms with Gasteiger partial charge in [-0.2, -0.15) is 0 Å². The van der Waals surface area contributed by atoms with Crippen molar-refractivity contribution in [3.63, 3.8) is 0 Å². The number of aliphatic hydroxyl groups is 7. The summed E-state index contributed by atoms with van der Waals surface area (Å²) in [6, 6.07) is -3.07. The number of azide groups is 1. The Morgan fingerprint density at radius 2 is 1.60 bits per heavy atom. The molecule has 0 spiro atoms. The van der Waals surface area contributed by atoms with Crippen LogP contribution in [0.1, 0.15) is 26.7 Å². The van der Waals surface area contributed by atoms with E-state index in [1.165, 1.54) is 0 Å². The van der Waals surface area contributed by atoms with Gasteiger partial charge >= 0.3 is 5.97 Å². The predicted molar refractivity (Wildman–Crippen MR) is 162 cm³/mol. The maximum Gasteiger partial charge on any atom is 0.364 e. The van der Waals surface area contributed by atoms with E-state index in [0.717, 1.165) is 13.8 Å². The van der Waals surface area contributed by atoms with E-state index in [4.69, 9.17) is 34.0 Å². The SMILES string of the molecule is CC(=O)N[C@H]1[C@@H](OCCCN=[N+]=[N-])O[C@H](CO)[C@H](O)[C@@H]1O[C@@H]1O[C@H](CF)[C@H](O)[C@H](O[C@]2(C(=O)O)C[C@H](O)[C@@H](NC(C)=O)[C@H]([C@H](O)[C@H](O)CF)O2)[C@H]1O. The van der Waals surface area contributed by atoms with Gasteiger partial charge in [0.05, 0.1) is 18.8 Å². The van der Waals surface area contributed by atoms with Gasteiger partial charge in [0.15, 0.2) is 12.6 Å². The van der Waals surface area contributed by atoms with Crippen LogP contribution in [0.2, 0.25) is 0 Å². The zero-order chi connectivity index (χ0) is 38.9. The van der Waals surface area contributed by atoms with Crippen molar-refractivity contribution in [2.24, 2.45) is 5.11 Å². The third-order valence-electron chi connectivity index (χ3n) is 8.54. The molecule has 3 rings (SSSR count). The Morgan fingerprint density at radius 3 is 2.15 bits per heavy atom. The molecule has 3 fully saturated rings. The van der Waals surface area contributed by atoms with Crippen molar-refractivity contribution in [1.82, 2.24) is 10.6 Å². The number of nitrogens with zero attached hydrogens (tertiary/aromatic N) is 3. The van der Waals surface area contributed by atoms with Gasteiger partial charge in [-0.1, -0.05) is 5.11 Å². The van der Waals surface area contributed by atoms with Crippen molar-refractivity contribution >= 4 is 17.8 Å². The summed E-state index contributed by atoms with van der Waals surface area (Å²) in [5.41, 5.74) is 8.48. The Balaban J connectivity index is 1.97. The number of carbonyl (C=O) groups is 3. The summed E-state index contributed by atoms with van der Waals surface area (Å²) in [7, 11) is 0. The number of amides is 2. The van der Waals surface area contributed by atoms with Crippen LogP contribution < -0.4 is 10.6 Å². The molecule has 24 heteroatoms. The highest BCUT2D eigenvalue weighted by atomic mass is 19.1. The Hall–Kier alpha value is -2.94. The van der Waals surface area contributed by atoms with Crippen molar-refractivity contribution in [2.75, 3.05) is 33.1 Å². The molecule has 0 unspecified atom stereocenters. The molecule has 22 nitrogen and oxygen atoms in total. The Kier molecular flexibility index (Phi) is 16.2. The fourth-order valence-electron chi connectivity index (χ4n) is 6.03. The van der Waals surface area contributed by atoms with Gasteiger partial charge in [0, 0.05) is 38.3 Å². The first kappa shape index (κ1) is 43.5. The second-order valence-electron chi connectivity index (χ2n) is 12.3. The van der Waals surface area contributed by atoms with Crippen molar-refractivity contribution in [1.29, 1.82) is 0 Å². The van der Waals surface area contributed by atoms with Crippen molar-refractivity contribution in [2.45, 2.75) is 124 Å². The molecule has 0 aromatic heterocycles. The minimum absolute atomic E-state index is 0.0130. The maximum atomic E-state index is 14.3. The smallest absolute Gasteiger partial charge is 0.364 e. The minimum atomic E-state index is -3.14. The van der Waals surface area contributed by atoms with Crippen molar-refractivity contribution in [3.8, 4) is 0 Å². The van der Waals surface area contributed by atoms with Crippen molar-refractivity contribution < 1.29 is 92.4 Å². The molecule has 3 heterocycles. The van der Waals surface area contributed by atoms with Gasteiger partial charge in [0.1, 0.15) is 80.4 Å². The molecule has 2 amide bonds. The molecule has 3 saturated heterocycles. The normalized spacial score (nSPS) is 39.1. The van der Waals surface area contributed by atoms with Crippen LogP contribution in [-0.4, -0.2) is 189 Å². The third kappa shape index (κ3) is 10.2.